The van der Waals surface area contributed by atoms with E-state index >= 15 is 0 Å². The first-order valence-electron chi connectivity index (χ1n) is 17.1. The molecule has 0 atom stereocenters. The SMILES string of the molecule is COCCNC(=O)OC1CCC(C(=O)N(CC2CCC(c3ccc(OC)c(C)n3)CC2)c2cc(-c3coc(C4CC4)n3)ccn2)CC1. The van der Waals surface area contributed by atoms with Crippen molar-refractivity contribution in [3.8, 4) is 17.0 Å². The van der Waals surface area contributed by atoms with E-state index in [4.69, 9.17) is 33.6 Å². The summed E-state index contributed by atoms with van der Waals surface area (Å²) in [6.07, 6.45) is 11.8. The van der Waals surface area contributed by atoms with Crippen molar-refractivity contribution in [2.24, 2.45) is 11.8 Å². The Hall–Kier alpha value is -3.99. The van der Waals surface area contributed by atoms with Crippen LogP contribution in [0.2, 0.25) is 0 Å². The number of hydrogen-bond donors (Lipinski definition) is 1. The van der Waals surface area contributed by atoms with Gasteiger partial charge in [0, 0.05) is 55.4 Å². The summed E-state index contributed by atoms with van der Waals surface area (Å²) >= 11 is 0. The fourth-order valence-electron chi connectivity index (χ4n) is 6.97. The Balaban J connectivity index is 1.14. The Bertz CT molecular complexity index is 1510. The molecule has 3 aliphatic rings. The number of carbonyl (C=O) groups excluding carboxylic acids is 2. The number of aromatic nitrogens is 3. The molecule has 11 nitrogen and oxygen atoms in total. The molecule has 2 amide bonds. The van der Waals surface area contributed by atoms with Crippen LogP contribution in [0.25, 0.3) is 11.3 Å². The van der Waals surface area contributed by atoms with Gasteiger partial charge in [0.1, 0.15) is 29.6 Å². The topological polar surface area (TPSA) is 129 Å². The zero-order valence-corrected chi connectivity index (χ0v) is 27.8. The maximum Gasteiger partial charge on any atom is 0.407 e. The molecule has 3 heterocycles. The second kappa shape index (κ2) is 15.3. The molecule has 252 valence electrons. The summed E-state index contributed by atoms with van der Waals surface area (Å²) in [6, 6.07) is 8.00. The first kappa shape index (κ1) is 32.9. The summed E-state index contributed by atoms with van der Waals surface area (Å²) in [5.74, 6) is 3.35. The van der Waals surface area contributed by atoms with Crippen LogP contribution in [0, 0.1) is 18.8 Å². The van der Waals surface area contributed by atoms with Crippen molar-refractivity contribution in [3.63, 3.8) is 0 Å². The minimum Gasteiger partial charge on any atom is -0.495 e. The molecule has 0 aromatic carbocycles. The number of oxazole rings is 1. The average Bonchev–Trinajstić information content (AvgIpc) is 3.83. The van der Waals surface area contributed by atoms with Crippen LogP contribution in [-0.4, -0.2) is 67.0 Å². The molecule has 1 N–H and O–H groups in total. The maximum atomic E-state index is 14.3. The monoisotopic (exact) mass is 645 g/mol. The number of alkyl carbamates (subject to hydrolysis) is 1. The van der Waals surface area contributed by atoms with Crippen molar-refractivity contribution < 1.29 is 28.2 Å². The molecule has 0 unspecified atom stereocenters. The number of rotatable bonds is 12. The highest BCUT2D eigenvalue weighted by Gasteiger charge is 2.35. The number of methoxy groups -OCH3 is 2. The second-order valence-corrected chi connectivity index (χ2v) is 13.2. The van der Waals surface area contributed by atoms with Gasteiger partial charge in [0.25, 0.3) is 0 Å². The lowest BCUT2D eigenvalue weighted by Gasteiger charge is -2.35. The number of ether oxygens (including phenoxy) is 3. The standard InChI is InChI=1S/C36H47N5O6/c1-23-32(45-3)15-14-30(39-23)25-6-4-24(5-7-25)21-41(33-20-28(16-17-37-33)31-22-46-34(40-31)26-8-9-26)35(42)27-10-12-29(13-11-27)47-36(43)38-18-19-44-2/h14-17,20,22,24-27,29H,4-13,18-19,21H2,1-3H3,(H,38,43). The summed E-state index contributed by atoms with van der Waals surface area (Å²) in [4.78, 5) is 42.7. The van der Waals surface area contributed by atoms with Gasteiger partial charge in [0.15, 0.2) is 5.89 Å². The molecule has 47 heavy (non-hydrogen) atoms. The fraction of sp³-hybridized carbons (Fsp3) is 0.583. The van der Waals surface area contributed by atoms with Crippen LogP contribution < -0.4 is 15.0 Å². The Morgan fingerprint density at radius 1 is 0.957 bits per heavy atom. The zero-order chi connectivity index (χ0) is 32.8. The highest BCUT2D eigenvalue weighted by Crippen LogP contribution is 2.41. The summed E-state index contributed by atoms with van der Waals surface area (Å²) in [7, 11) is 3.26. The van der Waals surface area contributed by atoms with Gasteiger partial charge in [-0.2, -0.15) is 0 Å². The van der Waals surface area contributed by atoms with E-state index in [9.17, 15) is 9.59 Å². The van der Waals surface area contributed by atoms with Gasteiger partial charge in [-0.25, -0.2) is 14.8 Å². The number of pyridine rings is 2. The Morgan fingerprint density at radius 2 is 1.72 bits per heavy atom. The minimum atomic E-state index is -0.437. The summed E-state index contributed by atoms with van der Waals surface area (Å²) < 4.78 is 21.8. The quantitative estimate of drug-likeness (QED) is 0.218. The third kappa shape index (κ3) is 8.30. The number of nitrogens with zero attached hydrogens (tertiary/aromatic N) is 4. The smallest absolute Gasteiger partial charge is 0.407 e. The first-order chi connectivity index (χ1) is 22.9. The highest BCUT2D eigenvalue weighted by molar-refractivity contribution is 5.94. The van der Waals surface area contributed by atoms with Crippen molar-refractivity contribution in [2.45, 2.75) is 89.1 Å². The normalized spacial score (nSPS) is 22.8. The molecule has 11 heteroatoms. The predicted octanol–water partition coefficient (Wildman–Crippen LogP) is 6.56. The molecule has 3 aromatic heterocycles. The van der Waals surface area contributed by atoms with E-state index in [0.717, 1.165) is 72.8 Å². The zero-order valence-electron chi connectivity index (χ0n) is 27.8. The van der Waals surface area contributed by atoms with E-state index in [-0.39, 0.29) is 17.9 Å². The first-order valence-corrected chi connectivity index (χ1v) is 17.1. The lowest BCUT2D eigenvalue weighted by molar-refractivity contribution is -0.124. The Morgan fingerprint density at radius 3 is 2.43 bits per heavy atom. The van der Waals surface area contributed by atoms with E-state index in [2.05, 4.69) is 11.4 Å². The fourth-order valence-corrected chi connectivity index (χ4v) is 6.97. The van der Waals surface area contributed by atoms with Crippen molar-refractivity contribution in [1.82, 2.24) is 20.3 Å². The van der Waals surface area contributed by atoms with E-state index < -0.39 is 6.09 Å². The van der Waals surface area contributed by atoms with E-state index in [0.29, 0.717) is 69.0 Å². The van der Waals surface area contributed by atoms with Gasteiger partial charge in [0.05, 0.1) is 19.4 Å². The van der Waals surface area contributed by atoms with Gasteiger partial charge >= 0.3 is 6.09 Å². The van der Waals surface area contributed by atoms with Crippen LogP contribution >= 0.6 is 0 Å². The van der Waals surface area contributed by atoms with Crippen LogP contribution in [0.3, 0.4) is 0 Å². The lowest BCUT2D eigenvalue weighted by Crippen LogP contribution is -2.43. The van der Waals surface area contributed by atoms with Crippen molar-refractivity contribution in [3.05, 3.63) is 54.0 Å². The molecule has 0 aliphatic heterocycles. The van der Waals surface area contributed by atoms with Gasteiger partial charge in [-0.15, -0.1) is 0 Å². The number of nitrogens with one attached hydrogen (secondary N) is 1. The third-order valence-corrected chi connectivity index (χ3v) is 9.89. The Kier molecular flexibility index (Phi) is 10.7. The predicted molar refractivity (Wildman–Crippen MR) is 176 cm³/mol. The summed E-state index contributed by atoms with van der Waals surface area (Å²) in [6.45, 7) is 3.43. The molecule has 0 spiro atoms. The van der Waals surface area contributed by atoms with Gasteiger partial charge in [-0.05, 0) is 101 Å². The van der Waals surface area contributed by atoms with Gasteiger partial charge in [0.2, 0.25) is 5.91 Å². The summed E-state index contributed by atoms with van der Waals surface area (Å²) in [5, 5.41) is 2.71. The molecule has 0 radical (unpaired) electrons. The van der Waals surface area contributed by atoms with Crippen LogP contribution in [0.1, 0.15) is 93.3 Å². The number of aryl methyl sites for hydroxylation is 1. The summed E-state index contributed by atoms with van der Waals surface area (Å²) in [5.41, 5.74) is 3.70. The van der Waals surface area contributed by atoms with E-state index in [1.807, 2.05) is 30.0 Å². The second-order valence-electron chi connectivity index (χ2n) is 13.2. The lowest BCUT2D eigenvalue weighted by atomic mass is 9.79. The molecule has 3 fully saturated rings. The largest absolute Gasteiger partial charge is 0.495 e. The molecule has 0 saturated heterocycles. The number of amides is 2. The maximum absolute atomic E-state index is 14.3. The van der Waals surface area contributed by atoms with Gasteiger partial charge < -0.3 is 23.9 Å². The third-order valence-electron chi connectivity index (χ3n) is 9.89. The molecule has 0 bridgehead atoms. The van der Waals surface area contributed by atoms with Gasteiger partial charge in [-0.1, -0.05) is 0 Å². The van der Waals surface area contributed by atoms with Crippen LogP contribution in [0.15, 0.2) is 41.1 Å². The number of carbonyl (C=O) groups is 2. The number of hydrogen-bond acceptors (Lipinski definition) is 9. The molecule has 6 rings (SSSR count). The van der Waals surface area contributed by atoms with Crippen molar-refractivity contribution in [2.75, 3.05) is 38.8 Å². The van der Waals surface area contributed by atoms with Crippen LogP contribution in [-0.2, 0) is 14.3 Å². The molecule has 3 saturated carbocycles. The van der Waals surface area contributed by atoms with Crippen molar-refractivity contribution >= 4 is 17.8 Å². The number of anilines is 1. The minimum absolute atomic E-state index is 0.0889. The Labute approximate surface area is 276 Å². The average molecular weight is 646 g/mol. The highest BCUT2D eigenvalue weighted by atomic mass is 16.6. The molecular formula is C36H47N5O6. The van der Waals surface area contributed by atoms with Crippen molar-refractivity contribution in [1.29, 1.82) is 0 Å². The molecular weight excluding hydrogens is 598 g/mol. The molecule has 3 aliphatic carbocycles. The van der Waals surface area contributed by atoms with Gasteiger partial charge in [-0.3, -0.25) is 14.7 Å². The van der Waals surface area contributed by atoms with E-state index in [1.54, 1.807) is 26.7 Å². The molecule has 3 aromatic rings. The van der Waals surface area contributed by atoms with Crippen LogP contribution in [0.4, 0.5) is 10.6 Å². The van der Waals surface area contributed by atoms with Crippen LogP contribution in [0.5, 0.6) is 5.75 Å². The van der Waals surface area contributed by atoms with E-state index in [1.165, 1.54) is 0 Å².